The second-order valence-electron chi connectivity index (χ2n) is 2.95. The molecule has 0 aromatic carbocycles. The molecule has 1 heterocycles. The van der Waals surface area contributed by atoms with Gasteiger partial charge >= 0.3 is 0 Å². The Hall–Kier alpha value is -0.790. The van der Waals surface area contributed by atoms with Crippen LogP contribution in [0.15, 0.2) is 17.6 Å². The maximum atomic E-state index is 4.38. The third-order valence-corrected chi connectivity index (χ3v) is 1.87. The van der Waals surface area contributed by atoms with Crippen molar-refractivity contribution >= 4 is 5.84 Å². The van der Waals surface area contributed by atoms with Gasteiger partial charge < -0.3 is 5.32 Å². The normalized spacial score (nSPS) is 20.3. The minimum atomic E-state index is 0.354. The van der Waals surface area contributed by atoms with Crippen LogP contribution in [0, 0.1) is 0 Å². The summed E-state index contributed by atoms with van der Waals surface area (Å²) in [5, 5.41) is 3.30. The lowest BCUT2D eigenvalue weighted by Crippen LogP contribution is -2.32. The Bertz CT molecular complexity index is 161. The monoisotopic (exact) mass is 152 g/mol. The van der Waals surface area contributed by atoms with E-state index in [1.807, 2.05) is 6.08 Å². The molecule has 0 aromatic heterocycles. The first kappa shape index (κ1) is 8.31. The molecule has 0 aliphatic carbocycles. The molecule has 1 unspecified atom stereocenters. The van der Waals surface area contributed by atoms with Crippen LogP contribution in [-0.4, -0.2) is 18.4 Å². The average Bonchev–Trinajstić information content (AvgIpc) is 2.06. The Labute approximate surface area is 68.4 Å². The molecule has 2 heteroatoms. The molecular weight excluding hydrogens is 136 g/mol. The SMILES string of the molecule is C=CC(C)NC1=NCCCC1. The molecule has 0 fully saturated rings. The summed E-state index contributed by atoms with van der Waals surface area (Å²) in [7, 11) is 0. The van der Waals surface area contributed by atoms with Gasteiger partial charge in [-0.25, -0.2) is 0 Å². The topological polar surface area (TPSA) is 24.4 Å². The van der Waals surface area contributed by atoms with Crippen molar-refractivity contribution in [2.24, 2.45) is 4.99 Å². The van der Waals surface area contributed by atoms with Crippen molar-refractivity contribution in [1.82, 2.24) is 5.32 Å². The van der Waals surface area contributed by atoms with Crippen molar-refractivity contribution in [3.63, 3.8) is 0 Å². The number of amidine groups is 1. The molecule has 62 valence electrons. The Morgan fingerprint density at radius 3 is 3.00 bits per heavy atom. The summed E-state index contributed by atoms with van der Waals surface area (Å²) in [5.74, 6) is 1.16. The Morgan fingerprint density at radius 1 is 1.64 bits per heavy atom. The van der Waals surface area contributed by atoms with E-state index < -0.39 is 0 Å². The second-order valence-corrected chi connectivity index (χ2v) is 2.95. The van der Waals surface area contributed by atoms with Gasteiger partial charge in [0, 0.05) is 19.0 Å². The quantitative estimate of drug-likeness (QED) is 0.599. The number of hydrogen-bond donors (Lipinski definition) is 1. The van der Waals surface area contributed by atoms with Gasteiger partial charge in [-0.1, -0.05) is 6.08 Å². The molecule has 1 aliphatic heterocycles. The molecule has 1 aliphatic rings. The van der Waals surface area contributed by atoms with Gasteiger partial charge in [0.05, 0.1) is 5.84 Å². The summed E-state index contributed by atoms with van der Waals surface area (Å²) in [6.07, 6.45) is 5.53. The smallest absolute Gasteiger partial charge is 0.0967 e. The van der Waals surface area contributed by atoms with E-state index >= 15 is 0 Å². The summed E-state index contributed by atoms with van der Waals surface area (Å²) < 4.78 is 0. The number of nitrogens with zero attached hydrogens (tertiary/aromatic N) is 1. The zero-order chi connectivity index (χ0) is 8.10. The summed E-state index contributed by atoms with van der Waals surface area (Å²) in [4.78, 5) is 4.38. The van der Waals surface area contributed by atoms with Crippen LogP contribution in [0.4, 0.5) is 0 Å². The molecule has 1 N–H and O–H groups in total. The van der Waals surface area contributed by atoms with Crippen molar-refractivity contribution in [1.29, 1.82) is 0 Å². The molecule has 0 radical (unpaired) electrons. The van der Waals surface area contributed by atoms with Crippen LogP contribution < -0.4 is 5.32 Å². The van der Waals surface area contributed by atoms with E-state index in [2.05, 4.69) is 23.8 Å². The molecule has 0 spiro atoms. The Kier molecular flexibility index (Phi) is 3.14. The lowest BCUT2D eigenvalue weighted by Gasteiger charge is -2.16. The fraction of sp³-hybridized carbons (Fsp3) is 0.667. The highest BCUT2D eigenvalue weighted by atomic mass is 15.0. The minimum absolute atomic E-state index is 0.354. The first-order chi connectivity index (χ1) is 5.33. The summed E-state index contributed by atoms with van der Waals surface area (Å²) >= 11 is 0. The number of rotatable bonds is 2. The van der Waals surface area contributed by atoms with Crippen molar-refractivity contribution in [2.45, 2.75) is 32.2 Å². The second kappa shape index (κ2) is 4.16. The number of aliphatic imine (C=N–C) groups is 1. The molecule has 11 heavy (non-hydrogen) atoms. The first-order valence-corrected chi connectivity index (χ1v) is 4.25. The summed E-state index contributed by atoms with van der Waals surface area (Å²) in [6.45, 7) is 6.79. The van der Waals surface area contributed by atoms with Gasteiger partial charge in [0.15, 0.2) is 0 Å². The molecule has 0 saturated carbocycles. The third-order valence-electron chi connectivity index (χ3n) is 1.87. The predicted molar refractivity (Wildman–Crippen MR) is 48.9 cm³/mol. The van der Waals surface area contributed by atoms with E-state index in [0.717, 1.165) is 18.8 Å². The van der Waals surface area contributed by atoms with Crippen molar-refractivity contribution in [3.05, 3.63) is 12.7 Å². The fourth-order valence-corrected chi connectivity index (χ4v) is 1.14. The predicted octanol–water partition coefficient (Wildman–Crippen LogP) is 1.73. The molecule has 1 rings (SSSR count). The number of nitrogens with one attached hydrogen (secondary N) is 1. The molecule has 0 bridgehead atoms. The van der Waals surface area contributed by atoms with E-state index in [1.165, 1.54) is 12.8 Å². The van der Waals surface area contributed by atoms with Gasteiger partial charge in [-0.2, -0.15) is 0 Å². The van der Waals surface area contributed by atoms with Crippen molar-refractivity contribution < 1.29 is 0 Å². The Morgan fingerprint density at radius 2 is 2.45 bits per heavy atom. The molecule has 0 saturated heterocycles. The third kappa shape index (κ3) is 2.74. The molecular formula is C9H16N2. The molecule has 2 nitrogen and oxygen atoms in total. The van der Waals surface area contributed by atoms with E-state index in [0.29, 0.717) is 6.04 Å². The lowest BCUT2D eigenvalue weighted by atomic mass is 10.1. The molecule has 1 atom stereocenters. The van der Waals surface area contributed by atoms with E-state index in [-0.39, 0.29) is 0 Å². The van der Waals surface area contributed by atoms with E-state index in [1.54, 1.807) is 0 Å². The van der Waals surface area contributed by atoms with Gasteiger partial charge in [-0.15, -0.1) is 6.58 Å². The summed E-state index contributed by atoms with van der Waals surface area (Å²) in [5.41, 5.74) is 0. The van der Waals surface area contributed by atoms with Crippen molar-refractivity contribution in [3.8, 4) is 0 Å². The van der Waals surface area contributed by atoms with Crippen LogP contribution in [0.25, 0.3) is 0 Å². The van der Waals surface area contributed by atoms with Gasteiger partial charge in [-0.05, 0) is 19.8 Å². The van der Waals surface area contributed by atoms with Gasteiger partial charge in [0.25, 0.3) is 0 Å². The lowest BCUT2D eigenvalue weighted by molar-refractivity contribution is 0.689. The van der Waals surface area contributed by atoms with Gasteiger partial charge in [-0.3, -0.25) is 4.99 Å². The number of hydrogen-bond acceptors (Lipinski definition) is 2. The van der Waals surface area contributed by atoms with Gasteiger partial charge in [0.1, 0.15) is 0 Å². The highest BCUT2D eigenvalue weighted by molar-refractivity contribution is 5.83. The molecule has 0 amide bonds. The average molecular weight is 152 g/mol. The van der Waals surface area contributed by atoms with Crippen LogP contribution in [-0.2, 0) is 0 Å². The van der Waals surface area contributed by atoms with E-state index in [9.17, 15) is 0 Å². The van der Waals surface area contributed by atoms with Crippen molar-refractivity contribution in [2.75, 3.05) is 6.54 Å². The maximum Gasteiger partial charge on any atom is 0.0967 e. The van der Waals surface area contributed by atoms with Crippen LogP contribution in [0.2, 0.25) is 0 Å². The first-order valence-electron chi connectivity index (χ1n) is 4.25. The zero-order valence-corrected chi connectivity index (χ0v) is 7.14. The zero-order valence-electron chi connectivity index (χ0n) is 7.14. The highest BCUT2D eigenvalue weighted by Gasteiger charge is 2.05. The maximum absolute atomic E-state index is 4.38. The van der Waals surface area contributed by atoms with Crippen LogP contribution in [0.1, 0.15) is 26.2 Å². The molecule has 0 aromatic rings. The van der Waals surface area contributed by atoms with E-state index in [4.69, 9.17) is 0 Å². The van der Waals surface area contributed by atoms with Gasteiger partial charge in [0.2, 0.25) is 0 Å². The summed E-state index contributed by atoms with van der Waals surface area (Å²) in [6, 6.07) is 0.354. The fourth-order valence-electron chi connectivity index (χ4n) is 1.14. The largest absolute Gasteiger partial charge is 0.368 e. The van der Waals surface area contributed by atoms with Crippen LogP contribution in [0.3, 0.4) is 0 Å². The Balaban J connectivity index is 2.34. The van der Waals surface area contributed by atoms with Crippen LogP contribution in [0.5, 0.6) is 0 Å². The van der Waals surface area contributed by atoms with Crippen LogP contribution >= 0.6 is 0 Å². The standard InChI is InChI=1S/C9H16N2/c1-3-8(2)11-9-6-4-5-7-10-9/h3,8H,1,4-7H2,2H3,(H,10,11). The minimum Gasteiger partial charge on any atom is -0.368 e. The highest BCUT2D eigenvalue weighted by Crippen LogP contribution is 2.04.